The molecule has 10 nitrogen and oxygen atoms in total. The van der Waals surface area contributed by atoms with Crippen molar-refractivity contribution in [3.05, 3.63) is 94.8 Å². The van der Waals surface area contributed by atoms with Gasteiger partial charge in [-0.25, -0.2) is 5.84 Å². The van der Waals surface area contributed by atoms with Gasteiger partial charge in [0.25, 0.3) is 11.8 Å². The molecule has 226 valence electrons. The number of ether oxygens (including phenoxy) is 1. The Kier molecular flexibility index (Phi) is 12.7. The van der Waals surface area contributed by atoms with Gasteiger partial charge in [-0.1, -0.05) is 69.1 Å². The zero-order valence-electron chi connectivity index (χ0n) is 25.2. The van der Waals surface area contributed by atoms with Crippen LogP contribution in [0.5, 0.6) is 5.75 Å². The number of anilines is 3. The third kappa shape index (κ3) is 9.16. The van der Waals surface area contributed by atoms with Gasteiger partial charge in [0.1, 0.15) is 5.70 Å². The predicted molar refractivity (Wildman–Crippen MR) is 173 cm³/mol. The van der Waals surface area contributed by atoms with Crippen LogP contribution >= 0.6 is 11.9 Å². The average Bonchev–Trinajstić information content (AvgIpc) is 2.97. The number of hydrogen-bond acceptors (Lipinski definition) is 9. The molecule has 0 saturated heterocycles. The molecule has 0 aliphatic heterocycles. The van der Waals surface area contributed by atoms with Crippen molar-refractivity contribution in [3.63, 3.8) is 0 Å². The van der Waals surface area contributed by atoms with Crippen LogP contribution in [0.15, 0.2) is 72.6 Å². The Morgan fingerprint density at radius 1 is 1.05 bits per heavy atom. The fourth-order valence-corrected chi connectivity index (χ4v) is 4.31. The smallest absolute Gasteiger partial charge is 0.268 e. The predicted octanol–water partition coefficient (Wildman–Crippen LogP) is 4.65. The van der Waals surface area contributed by atoms with Gasteiger partial charge in [-0.05, 0) is 53.3 Å². The maximum absolute atomic E-state index is 13.4. The lowest BCUT2D eigenvalue weighted by atomic mass is 9.86. The number of nitrogens with zero attached hydrogens (tertiary/aromatic N) is 1. The number of rotatable bonds is 10. The molecule has 3 aromatic rings. The zero-order valence-corrected chi connectivity index (χ0v) is 26.1. The summed E-state index contributed by atoms with van der Waals surface area (Å²) in [7, 11) is 2.57. The molecule has 0 aliphatic carbocycles. The number of amides is 2. The molecule has 0 spiro atoms. The minimum atomic E-state index is -0.452. The first kappa shape index (κ1) is 34.0. The van der Waals surface area contributed by atoms with Gasteiger partial charge in [0.15, 0.2) is 5.75 Å². The van der Waals surface area contributed by atoms with Crippen molar-refractivity contribution in [1.82, 2.24) is 5.32 Å². The number of methoxy groups -OCH3 is 1. The van der Waals surface area contributed by atoms with Gasteiger partial charge in [0, 0.05) is 31.7 Å². The highest BCUT2D eigenvalue weighted by Crippen LogP contribution is 2.39. The highest BCUT2D eigenvalue weighted by atomic mass is 32.2. The van der Waals surface area contributed by atoms with Gasteiger partial charge in [0.2, 0.25) is 0 Å². The van der Waals surface area contributed by atoms with Crippen molar-refractivity contribution < 1.29 is 19.4 Å². The van der Waals surface area contributed by atoms with Crippen molar-refractivity contribution in [2.75, 3.05) is 35.5 Å². The molecule has 42 heavy (non-hydrogen) atoms. The number of nitrogens with two attached hydrogens (primary N) is 2. The molecule has 8 N–H and O–H groups in total. The number of carbonyl (C=O) groups excluding carboxylic acids is 2. The Morgan fingerprint density at radius 2 is 1.69 bits per heavy atom. The van der Waals surface area contributed by atoms with Crippen LogP contribution in [0.25, 0.3) is 0 Å². The summed E-state index contributed by atoms with van der Waals surface area (Å²) in [5.74, 6) is 6.00. The summed E-state index contributed by atoms with van der Waals surface area (Å²) in [6, 6.07) is 18.6. The summed E-state index contributed by atoms with van der Waals surface area (Å²) in [6.45, 7) is 8.50. The summed E-state index contributed by atoms with van der Waals surface area (Å²) >= 11 is 1.44. The van der Waals surface area contributed by atoms with Crippen molar-refractivity contribution >= 4 is 40.8 Å². The van der Waals surface area contributed by atoms with E-state index >= 15 is 0 Å². The SMILES string of the molecule is CO.COc1c(NSC)cc(C(C)(C)C)cc1NC(=O)c1ccc(C)c(N(N)/C=C(\N)C(=O)NCc2ccccc2)c1. The van der Waals surface area contributed by atoms with Crippen molar-refractivity contribution in [2.45, 2.75) is 39.7 Å². The molecule has 0 fully saturated rings. The van der Waals surface area contributed by atoms with Crippen LogP contribution in [0, 0.1) is 6.92 Å². The van der Waals surface area contributed by atoms with E-state index in [4.69, 9.17) is 21.4 Å². The van der Waals surface area contributed by atoms with Crippen LogP contribution in [0.4, 0.5) is 17.1 Å². The molecule has 3 aromatic carbocycles. The maximum atomic E-state index is 13.4. The van der Waals surface area contributed by atoms with Crippen LogP contribution in [0.3, 0.4) is 0 Å². The molecule has 11 heteroatoms. The van der Waals surface area contributed by atoms with E-state index in [2.05, 4.69) is 36.1 Å². The molecule has 0 heterocycles. The second kappa shape index (κ2) is 15.7. The van der Waals surface area contributed by atoms with Crippen molar-refractivity contribution in [2.24, 2.45) is 11.6 Å². The first-order valence-electron chi connectivity index (χ1n) is 13.2. The van der Waals surface area contributed by atoms with Crippen LogP contribution in [0.1, 0.15) is 47.8 Å². The monoisotopic (exact) mass is 594 g/mol. The van der Waals surface area contributed by atoms with Gasteiger partial charge in [-0.15, -0.1) is 0 Å². The molecular weight excluding hydrogens is 552 g/mol. The number of carbonyl (C=O) groups is 2. The number of hydrazine groups is 1. The summed E-state index contributed by atoms with van der Waals surface area (Å²) in [4.78, 5) is 25.9. The lowest BCUT2D eigenvalue weighted by molar-refractivity contribution is -0.117. The number of hydrogen-bond donors (Lipinski definition) is 6. The number of nitrogens with one attached hydrogen (secondary N) is 3. The quantitative estimate of drug-likeness (QED) is 0.0852. The van der Waals surface area contributed by atoms with Crippen molar-refractivity contribution in [3.8, 4) is 5.75 Å². The average molecular weight is 595 g/mol. The van der Waals surface area contributed by atoms with Crippen LogP contribution in [-0.2, 0) is 16.8 Å². The molecule has 0 unspecified atom stereocenters. The second-order valence-corrected chi connectivity index (χ2v) is 10.9. The van der Waals surface area contributed by atoms with E-state index in [0.717, 1.165) is 29.5 Å². The number of aryl methyl sites for hydroxylation is 1. The normalized spacial score (nSPS) is 11.1. The minimum Gasteiger partial charge on any atom is -0.492 e. The molecule has 0 atom stereocenters. The highest BCUT2D eigenvalue weighted by molar-refractivity contribution is 7.99. The molecule has 2 amide bonds. The summed E-state index contributed by atoms with van der Waals surface area (Å²) < 4.78 is 8.89. The lowest BCUT2D eigenvalue weighted by Crippen LogP contribution is -2.33. The molecule has 0 aliphatic rings. The Hall–Kier alpha value is -4.19. The fourth-order valence-electron chi connectivity index (χ4n) is 3.94. The second-order valence-electron chi connectivity index (χ2n) is 10.3. The third-order valence-electron chi connectivity index (χ3n) is 6.21. The molecular formula is C31H42N6O4S. The number of benzene rings is 3. The van der Waals surface area contributed by atoms with Gasteiger partial charge in [-0.3, -0.25) is 14.6 Å². The van der Waals surface area contributed by atoms with E-state index in [0.29, 0.717) is 29.2 Å². The van der Waals surface area contributed by atoms with E-state index in [1.54, 1.807) is 25.3 Å². The van der Waals surface area contributed by atoms with Gasteiger partial charge < -0.3 is 30.9 Å². The molecule has 0 bridgehead atoms. The molecule has 0 saturated carbocycles. The Bertz CT molecular complexity index is 1390. The minimum absolute atomic E-state index is 0.0646. The topological polar surface area (TPSA) is 155 Å². The summed E-state index contributed by atoms with van der Waals surface area (Å²) in [5.41, 5.74) is 10.8. The third-order valence-corrected chi connectivity index (χ3v) is 6.63. The summed E-state index contributed by atoms with van der Waals surface area (Å²) in [6.07, 6.45) is 3.25. The standard InChI is InChI=1S/C30H38N6O3S.CH4O/c1-19-12-13-21(14-26(19)36(32)18-23(31)29(38)33-17-20-10-8-7-9-11-20)28(37)34-24-15-22(30(2,3)4)16-25(35-40-6)27(24)39-5;1-2/h7-16,18,35H,17,31-32H2,1-6H3,(H,33,38)(H,34,37);2H,1H3/b23-18-;. The Labute approximate surface area is 252 Å². The van der Waals surface area contributed by atoms with Crippen LogP contribution in [-0.4, -0.2) is 37.4 Å². The van der Waals surface area contributed by atoms with Gasteiger partial charge in [-0.2, -0.15) is 0 Å². The van der Waals surface area contributed by atoms with Crippen molar-refractivity contribution in [1.29, 1.82) is 0 Å². The van der Waals surface area contributed by atoms with Crippen LogP contribution < -0.4 is 36.7 Å². The maximum Gasteiger partial charge on any atom is 0.268 e. The highest BCUT2D eigenvalue weighted by Gasteiger charge is 2.21. The van der Waals surface area contributed by atoms with E-state index in [1.807, 2.05) is 55.6 Å². The lowest BCUT2D eigenvalue weighted by Gasteiger charge is -2.24. The number of aliphatic hydroxyl groups is 1. The van der Waals surface area contributed by atoms with E-state index < -0.39 is 5.91 Å². The number of aliphatic hydroxyl groups excluding tert-OH is 1. The Morgan fingerprint density at radius 3 is 2.29 bits per heavy atom. The molecule has 0 radical (unpaired) electrons. The van der Waals surface area contributed by atoms with Gasteiger partial charge in [0.05, 0.1) is 24.2 Å². The zero-order chi connectivity index (χ0) is 31.4. The first-order valence-corrected chi connectivity index (χ1v) is 14.4. The van der Waals surface area contributed by atoms with E-state index in [1.165, 1.54) is 23.2 Å². The molecule has 3 rings (SSSR count). The fraction of sp³-hybridized carbons (Fsp3) is 0.290. The first-order chi connectivity index (χ1) is 19.9. The van der Waals surface area contributed by atoms with E-state index in [-0.39, 0.29) is 17.0 Å². The largest absolute Gasteiger partial charge is 0.492 e. The van der Waals surface area contributed by atoms with Crippen LogP contribution in [0.2, 0.25) is 0 Å². The van der Waals surface area contributed by atoms with Gasteiger partial charge >= 0.3 is 0 Å². The van der Waals surface area contributed by atoms with E-state index in [9.17, 15) is 9.59 Å². The summed E-state index contributed by atoms with van der Waals surface area (Å²) in [5, 5.41) is 14.0. The molecule has 0 aromatic heterocycles. The Balaban J connectivity index is 0.00000301.